The molecule has 5 heteroatoms. The second-order valence-electron chi connectivity index (χ2n) is 6.38. The number of imide groups is 1. The smallest absolute Gasteiger partial charge is 0.327 e. The van der Waals surface area contributed by atoms with Gasteiger partial charge in [0.25, 0.3) is 0 Å². The maximum Gasteiger partial charge on any atom is 0.327 e. The molecule has 1 saturated heterocycles. The molecule has 2 unspecified atom stereocenters. The first-order valence-electron chi connectivity index (χ1n) is 6.87. The Morgan fingerprint density at radius 2 is 1.81 bits per heavy atom. The minimum Gasteiger partial charge on any atom is -0.480 e. The third kappa shape index (κ3) is 2.82. The second kappa shape index (κ2) is 5.31. The van der Waals surface area contributed by atoms with E-state index in [0.717, 1.165) is 10.5 Å². The van der Waals surface area contributed by atoms with Crippen LogP contribution in [0.1, 0.15) is 38.7 Å². The van der Waals surface area contributed by atoms with Gasteiger partial charge in [0.05, 0.1) is 5.92 Å². The molecule has 0 saturated carbocycles. The molecule has 5 nitrogen and oxygen atoms in total. The Hall–Kier alpha value is -2.17. The molecule has 1 aromatic carbocycles. The predicted molar refractivity (Wildman–Crippen MR) is 76.5 cm³/mol. The van der Waals surface area contributed by atoms with Crippen molar-refractivity contribution in [3.05, 3.63) is 35.9 Å². The van der Waals surface area contributed by atoms with Gasteiger partial charge in [-0.25, -0.2) is 4.79 Å². The number of benzene rings is 1. The molecule has 1 aliphatic rings. The number of carboxylic acids is 1. The summed E-state index contributed by atoms with van der Waals surface area (Å²) in [5.74, 6) is -2.58. The molecule has 1 fully saturated rings. The summed E-state index contributed by atoms with van der Waals surface area (Å²) in [6, 6.07) is 7.85. The molecule has 21 heavy (non-hydrogen) atoms. The van der Waals surface area contributed by atoms with E-state index in [9.17, 15) is 19.5 Å². The van der Waals surface area contributed by atoms with E-state index in [4.69, 9.17) is 0 Å². The summed E-state index contributed by atoms with van der Waals surface area (Å²) in [4.78, 5) is 37.2. The molecule has 0 radical (unpaired) electrons. The number of rotatable bonds is 3. The number of hydrogen-bond donors (Lipinski definition) is 1. The largest absolute Gasteiger partial charge is 0.480 e. The zero-order valence-corrected chi connectivity index (χ0v) is 12.4. The van der Waals surface area contributed by atoms with Gasteiger partial charge in [0.15, 0.2) is 0 Å². The summed E-state index contributed by atoms with van der Waals surface area (Å²) < 4.78 is 0. The van der Waals surface area contributed by atoms with Gasteiger partial charge >= 0.3 is 5.97 Å². The van der Waals surface area contributed by atoms with Crippen molar-refractivity contribution >= 4 is 17.8 Å². The van der Waals surface area contributed by atoms with Crippen LogP contribution >= 0.6 is 0 Å². The molecule has 1 aromatic rings. The summed E-state index contributed by atoms with van der Waals surface area (Å²) in [7, 11) is 0. The zero-order valence-electron chi connectivity index (χ0n) is 12.4. The number of carbonyl (C=O) groups is 3. The lowest BCUT2D eigenvalue weighted by Gasteiger charge is -2.33. The van der Waals surface area contributed by atoms with Crippen molar-refractivity contribution in [2.24, 2.45) is 5.41 Å². The van der Waals surface area contributed by atoms with Gasteiger partial charge in [-0.15, -0.1) is 0 Å². The van der Waals surface area contributed by atoms with Gasteiger partial charge < -0.3 is 5.11 Å². The molecule has 1 N–H and O–H groups in total. The predicted octanol–water partition coefficient (Wildman–Crippen LogP) is 2.03. The maximum atomic E-state index is 12.6. The van der Waals surface area contributed by atoms with Crippen LogP contribution in [0.5, 0.6) is 0 Å². The highest BCUT2D eigenvalue weighted by molar-refractivity contribution is 6.08. The Bertz CT molecular complexity index is 574. The fourth-order valence-corrected chi connectivity index (χ4v) is 2.74. The Morgan fingerprint density at radius 1 is 1.24 bits per heavy atom. The number of nitrogens with zero attached hydrogens (tertiary/aromatic N) is 1. The van der Waals surface area contributed by atoms with E-state index < -0.39 is 35.2 Å². The number of hydrogen-bond acceptors (Lipinski definition) is 3. The molecular weight excluding hydrogens is 270 g/mol. The highest BCUT2D eigenvalue weighted by atomic mass is 16.4. The van der Waals surface area contributed by atoms with E-state index in [-0.39, 0.29) is 6.42 Å². The minimum absolute atomic E-state index is 0.0305. The lowest BCUT2D eigenvalue weighted by molar-refractivity contribution is -0.159. The van der Waals surface area contributed by atoms with Crippen LogP contribution in [-0.2, 0) is 14.4 Å². The summed E-state index contributed by atoms with van der Waals surface area (Å²) in [5, 5.41) is 9.42. The standard InChI is InChI=1S/C16H19NO4/c1-16(2,3)13(15(20)21)17-12(18)9-11(14(17)19)10-7-5-4-6-8-10/h4-8,11,13H,9H2,1-3H3,(H,20,21). The normalized spacial score (nSPS) is 20.7. The summed E-state index contributed by atoms with van der Waals surface area (Å²) in [5.41, 5.74) is 0.0272. The van der Waals surface area contributed by atoms with Crippen LogP contribution in [0.15, 0.2) is 30.3 Å². The van der Waals surface area contributed by atoms with Crippen molar-refractivity contribution in [3.8, 4) is 0 Å². The topological polar surface area (TPSA) is 74.7 Å². The Morgan fingerprint density at radius 3 is 2.29 bits per heavy atom. The van der Waals surface area contributed by atoms with Crippen molar-refractivity contribution in [1.82, 2.24) is 4.90 Å². The maximum absolute atomic E-state index is 12.6. The first kappa shape index (κ1) is 15.2. The molecule has 2 atom stereocenters. The van der Waals surface area contributed by atoms with E-state index in [0.29, 0.717) is 0 Å². The number of likely N-dealkylation sites (tertiary alicyclic amines) is 1. The van der Waals surface area contributed by atoms with E-state index in [2.05, 4.69) is 0 Å². The van der Waals surface area contributed by atoms with Gasteiger partial charge in [0, 0.05) is 6.42 Å². The average molecular weight is 289 g/mol. The van der Waals surface area contributed by atoms with Crippen molar-refractivity contribution < 1.29 is 19.5 Å². The molecule has 2 amide bonds. The number of carbonyl (C=O) groups excluding carboxylic acids is 2. The van der Waals surface area contributed by atoms with Crippen LogP contribution in [0.3, 0.4) is 0 Å². The van der Waals surface area contributed by atoms with E-state index in [1.165, 1.54) is 0 Å². The third-order valence-corrected chi connectivity index (χ3v) is 3.70. The summed E-state index contributed by atoms with van der Waals surface area (Å²) in [6.45, 7) is 5.13. The molecule has 112 valence electrons. The molecule has 0 aliphatic carbocycles. The van der Waals surface area contributed by atoms with E-state index >= 15 is 0 Å². The lowest BCUT2D eigenvalue weighted by atomic mass is 9.85. The molecule has 0 spiro atoms. The van der Waals surface area contributed by atoms with Gasteiger partial charge in [-0.3, -0.25) is 14.5 Å². The SMILES string of the molecule is CC(C)(C)C(C(=O)O)N1C(=O)CC(c2ccccc2)C1=O. The Labute approximate surface area is 123 Å². The first-order valence-corrected chi connectivity index (χ1v) is 6.87. The van der Waals surface area contributed by atoms with Crippen LogP contribution < -0.4 is 0 Å². The summed E-state index contributed by atoms with van der Waals surface area (Å²) in [6.07, 6.45) is 0.0305. The molecule has 0 aromatic heterocycles. The van der Waals surface area contributed by atoms with Gasteiger partial charge in [0.1, 0.15) is 6.04 Å². The fourth-order valence-electron chi connectivity index (χ4n) is 2.74. The van der Waals surface area contributed by atoms with Gasteiger partial charge in [0.2, 0.25) is 11.8 Å². The van der Waals surface area contributed by atoms with Gasteiger partial charge in [-0.1, -0.05) is 51.1 Å². The molecule has 1 heterocycles. The fraction of sp³-hybridized carbons (Fsp3) is 0.438. The minimum atomic E-state index is -1.15. The van der Waals surface area contributed by atoms with Crippen molar-refractivity contribution in [2.75, 3.05) is 0 Å². The van der Waals surface area contributed by atoms with Gasteiger partial charge in [-0.05, 0) is 11.0 Å². The Balaban J connectivity index is 2.36. The molecule has 2 rings (SSSR count). The van der Waals surface area contributed by atoms with Crippen molar-refractivity contribution in [3.63, 3.8) is 0 Å². The van der Waals surface area contributed by atoms with E-state index in [1.807, 2.05) is 6.07 Å². The second-order valence-corrected chi connectivity index (χ2v) is 6.38. The van der Waals surface area contributed by atoms with Crippen LogP contribution in [0, 0.1) is 5.41 Å². The third-order valence-electron chi connectivity index (χ3n) is 3.70. The Kier molecular flexibility index (Phi) is 3.85. The molecule has 1 aliphatic heterocycles. The monoisotopic (exact) mass is 289 g/mol. The molecule has 0 bridgehead atoms. The van der Waals surface area contributed by atoms with Crippen molar-refractivity contribution in [1.29, 1.82) is 0 Å². The van der Waals surface area contributed by atoms with Gasteiger partial charge in [-0.2, -0.15) is 0 Å². The number of aliphatic carboxylic acids is 1. The van der Waals surface area contributed by atoms with Crippen molar-refractivity contribution in [2.45, 2.75) is 39.2 Å². The van der Waals surface area contributed by atoms with E-state index in [1.54, 1.807) is 45.0 Å². The number of amides is 2. The molecular formula is C16H19NO4. The van der Waals surface area contributed by atoms with Crippen LogP contribution in [-0.4, -0.2) is 33.8 Å². The van der Waals surface area contributed by atoms with Crippen LogP contribution in [0.4, 0.5) is 0 Å². The lowest BCUT2D eigenvalue weighted by Crippen LogP contribution is -2.52. The first-order chi connectivity index (χ1) is 9.73. The quantitative estimate of drug-likeness (QED) is 0.864. The highest BCUT2D eigenvalue weighted by Gasteiger charge is 2.49. The van der Waals surface area contributed by atoms with Crippen LogP contribution in [0.25, 0.3) is 0 Å². The number of carboxylic acid groups (broad SMARTS) is 1. The summed E-state index contributed by atoms with van der Waals surface area (Å²) >= 11 is 0. The zero-order chi connectivity index (χ0) is 15.8. The van der Waals surface area contributed by atoms with Crippen LogP contribution in [0.2, 0.25) is 0 Å². The highest BCUT2D eigenvalue weighted by Crippen LogP contribution is 2.35. The average Bonchev–Trinajstić information content (AvgIpc) is 2.66.